The Hall–Kier alpha value is -0.380. The minimum atomic E-state index is 0.608. The van der Waals surface area contributed by atoms with Crippen LogP contribution in [0.15, 0.2) is 12.2 Å². The van der Waals surface area contributed by atoms with Gasteiger partial charge in [-0.15, -0.1) is 0 Å². The molecule has 0 aromatic carbocycles. The van der Waals surface area contributed by atoms with Gasteiger partial charge in [-0.25, -0.2) is 0 Å². The van der Waals surface area contributed by atoms with E-state index in [1.807, 2.05) is 6.92 Å². The first kappa shape index (κ1) is 14.7. The summed E-state index contributed by atoms with van der Waals surface area (Å²) in [6.45, 7) is 13.0. The van der Waals surface area contributed by atoms with Gasteiger partial charge in [-0.1, -0.05) is 12.2 Å². The average Bonchev–Trinajstić information content (AvgIpc) is 2.29. The molecule has 0 aliphatic carbocycles. The summed E-state index contributed by atoms with van der Waals surface area (Å²) in [6, 6.07) is 0.608. The van der Waals surface area contributed by atoms with Crippen molar-refractivity contribution in [3.63, 3.8) is 0 Å². The molecule has 1 unspecified atom stereocenters. The molecule has 0 amide bonds. The summed E-state index contributed by atoms with van der Waals surface area (Å²) in [5.41, 5.74) is 1.09. The van der Waals surface area contributed by atoms with Crippen molar-refractivity contribution < 1.29 is 4.74 Å². The average molecular weight is 240 g/mol. The number of ether oxygens (including phenoxy) is 1. The van der Waals surface area contributed by atoms with Crippen molar-refractivity contribution in [2.24, 2.45) is 5.92 Å². The van der Waals surface area contributed by atoms with E-state index in [4.69, 9.17) is 4.74 Å². The Bertz CT molecular complexity index is 222. The van der Waals surface area contributed by atoms with Crippen molar-refractivity contribution in [2.75, 3.05) is 39.9 Å². The molecular formula is C14H28N2O. The molecule has 1 aliphatic heterocycles. The van der Waals surface area contributed by atoms with Gasteiger partial charge in [0.05, 0.1) is 13.2 Å². The summed E-state index contributed by atoms with van der Waals surface area (Å²) in [6.07, 6.45) is 2.63. The first-order valence-corrected chi connectivity index (χ1v) is 6.73. The molecule has 1 aliphatic rings. The van der Waals surface area contributed by atoms with Crippen LogP contribution in [0.4, 0.5) is 0 Å². The van der Waals surface area contributed by atoms with Gasteiger partial charge >= 0.3 is 0 Å². The molecule has 1 N–H and O–H groups in total. The van der Waals surface area contributed by atoms with Crippen LogP contribution in [-0.2, 0) is 4.74 Å². The van der Waals surface area contributed by atoms with Crippen LogP contribution in [0.3, 0.4) is 0 Å². The maximum Gasteiger partial charge on any atom is 0.0672 e. The molecule has 0 aromatic rings. The van der Waals surface area contributed by atoms with Crippen LogP contribution < -0.4 is 5.32 Å². The van der Waals surface area contributed by atoms with Crippen LogP contribution in [0, 0.1) is 5.92 Å². The van der Waals surface area contributed by atoms with Crippen molar-refractivity contribution in [1.29, 1.82) is 0 Å². The molecule has 100 valence electrons. The highest BCUT2D eigenvalue weighted by Gasteiger charge is 2.21. The summed E-state index contributed by atoms with van der Waals surface area (Å²) in [7, 11) is 2.21. The standard InChI is InChI=1S/C14H28N2O/c1-12(2)11-17-10-7-15-13(3)14-5-8-16(4)9-6-14/h13-15H,1,5-11H2,2-4H3. The highest BCUT2D eigenvalue weighted by atomic mass is 16.5. The van der Waals surface area contributed by atoms with E-state index in [1.165, 1.54) is 25.9 Å². The predicted molar refractivity (Wildman–Crippen MR) is 73.3 cm³/mol. The Morgan fingerprint density at radius 2 is 2.12 bits per heavy atom. The summed E-state index contributed by atoms with van der Waals surface area (Å²) in [4.78, 5) is 2.42. The Morgan fingerprint density at radius 3 is 2.71 bits per heavy atom. The second kappa shape index (κ2) is 7.85. The van der Waals surface area contributed by atoms with Crippen molar-refractivity contribution in [3.8, 4) is 0 Å². The normalized spacial score (nSPS) is 20.4. The molecule has 0 radical (unpaired) electrons. The lowest BCUT2D eigenvalue weighted by Gasteiger charge is -2.33. The van der Waals surface area contributed by atoms with Gasteiger partial charge in [0.2, 0.25) is 0 Å². The zero-order valence-electron chi connectivity index (χ0n) is 11.7. The number of rotatable bonds is 7. The molecule has 0 saturated carbocycles. The number of hydrogen-bond donors (Lipinski definition) is 1. The van der Waals surface area contributed by atoms with Crippen LogP contribution in [-0.4, -0.2) is 50.8 Å². The summed E-state index contributed by atoms with van der Waals surface area (Å²) >= 11 is 0. The summed E-state index contributed by atoms with van der Waals surface area (Å²) < 4.78 is 5.48. The Labute approximate surface area is 106 Å². The second-order valence-electron chi connectivity index (χ2n) is 5.39. The third kappa shape index (κ3) is 6.20. The van der Waals surface area contributed by atoms with Gasteiger partial charge in [0.15, 0.2) is 0 Å². The van der Waals surface area contributed by atoms with E-state index >= 15 is 0 Å². The van der Waals surface area contributed by atoms with Gasteiger partial charge < -0.3 is 15.0 Å². The topological polar surface area (TPSA) is 24.5 Å². The fourth-order valence-electron chi connectivity index (χ4n) is 2.30. The van der Waals surface area contributed by atoms with Gasteiger partial charge in [-0.05, 0) is 52.7 Å². The first-order valence-electron chi connectivity index (χ1n) is 6.73. The van der Waals surface area contributed by atoms with Gasteiger partial charge in [-0.2, -0.15) is 0 Å². The van der Waals surface area contributed by atoms with Crippen molar-refractivity contribution in [3.05, 3.63) is 12.2 Å². The summed E-state index contributed by atoms with van der Waals surface area (Å²) in [5.74, 6) is 0.826. The largest absolute Gasteiger partial charge is 0.376 e. The second-order valence-corrected chi connectivity index (χ2v) is 5.39. The van der Waals surface area contributed by atoms with E-state index in [9.17, 15) is 0 Å². The third-order valence-electron chi connectivity index (χ3n) is 3.53. The fourth-order valence-corrected chi connectivity index (χ4v) is 2.30. The van der Waals surface area contributed by atoms with E-state index in [0.29, 0.717) is 12.6 Å². The van der Waals surface area contributed by atoms with Gasteiger partial charge in [-0.3, -0.25) is 0 Å². The maximum absolute atomic E-state index is 5.48. The molecule has 3 heteroatoms. The highest BCUT2D eigenvalue weighted by Crippen LogP contribution is 2.19. The molecule has 17 heavy (non-hydrogen) atoms. The predicted octanol–water partition coefficient (Wildman–Crippen LogP) is 1.90. The molecule has 0 bridgehead atoms. The molecule has 1 rings (SSSR count). The molecule has 0 spiro atoms. The third-order valence-corrected chi connectivity index (χ3v) is 3.53. The van der Waals surface area contributed by atoms with E-state index < -0.39 is 0 Å². The molecule has 0 aromatic heterocycles. The smallest absolute Gasteiger partial charge is 0.0672 e. The molecular weight excluding hydrogens is 212 g/mol. The van der Waals surface area contributed by atoms with E-state index in [2.05, 4.69) is 30.8 Å². The van der Waals surface area contributed by atoms with Crippen LogP contribution >= 0.6 is 0 Å². The first-order chi connectivity index (χ1) is 8.09. The van der Waals surface area contributed by atoms with Crippen LogP contribution in [0.2, 0.25) is 0 Å². The molecule has 1 saturated heterocycles. The minimum Gasteiger partial charge on any atom is -0.376 e. The number of nitrogens with zero attached hydrogens (tertiary/aromatic N) is 1. The number of likely N-dealkylation sites (tertiary alicyclic amines) is 1. The number of hydrogen-bond acceptors (Lipinski definition) is 3. The number of piperidine rings is 1. The van der Waals surface area contributed by atoms with Crippen LogP contribution in [0.1, 0.15) is 26.7 Å². The molecule has 1 heterocycles. The van der Waals surface area contributed by atoms with Crippen molar-refractivity contribution >= 4 is 0 Å². The zero-order chi connectivity index (χ0) is 12.7. The van der Waals surface area contributed by atoms with Gasteiger partial charge in [0.1, 0.15) is 0 Å². The molecule has 3 nitrogen and oxygen atoms in total. The Morgan fingerprint density at radius 1 is 1.47 bits per heavy atom. The zero-order valence-corrected chi connectivity index (χ0v) is 11.7. The van der Waals surface area contributed by atoms with Crippen molar-refractivity contribution in [1.82, 2.24) is 10.2 Å². The lowest BCUT2D eigenvalue weighted by molar-refractivity contribution is 0.145. The Kier molecular flexibility index (Phi) is 6.78. The minimum absolute atomic E-state index is 0.608. The molecule has 1 atom stereocenters. The quantitative estimate of drug-likeness (QED) is 0.543. The van der Waals surface area contributed by atoms with Crippen LogP contribution in [0.25, 0.3) is 0 Å². The SMILES string of the molecule is C=C(C)COCCNC(C)C1CCN(C)CC1. The van der Waals surface area contributed by atoms with E-state index in [0.717, 1.165) is 24.6 Å². The van der Waals surface area contributed by atoms with E-state index in [-0.39, 0.29) is 0 Å². The monoisotopic (exact) mass is 240 g/mol. The Balaban J connectivity index is 2.04. The summed E-state index contributed by atoms with van der Waals surface area (Å²) in [5, 5.41) is 3.57. The lowest BCUT2D eigenvalue weighted by atomic mass is 9.90. The van der Waals surface area contributed by atoms with Crippen LogP contribution in [0.5, 0.6) is 0 Å². The highest BCUT2D eigenvalue weighted by molar-refractivity contribution is 4.87. The maximum atomic E-state index is 5.48. The fraction of sp³-hybridized carbons (Fsp3) is 0.857. The van der Waals surface area contributed by atoms with Gasteiger partial charge in [0, 0.05) is 12.6 Å². The number of nitrogens with one attached hydrogen (secondary N) is 1. The molecule has 1 fully saturated rings. The van der Waals surface area contributed by atoms with Crippen molar-refractivity contribution in [2.45, 2.75) is 32.7 Å². The lowest BCUT2D eigenvalue weighted by Crippen LogP contribution is -2.41. The van der Waals surface area contributed by atoms with E-state index in [1.54, 1.807) is 0 Å². The van der Waals surface area contributed by atoms with Gasteiger partial charge in [0.25, 0.3) is 0 Å².